The third-order valence-corrected chi connectivity index (χ3v) is 3.30. The summed E-state index contributed by atoms with van der Waals surface area (Å²) in [7, 11) is 0. The molecule has 1 heterocycles. The van der Waals surface area contributed by atoms with Gasteiger partial charge < -0.3 is 9.52 Å². The van der Waals surface area contributed by atoms with Crippen molar-refractivity contribution in [2.24, 2.45) is 0 Å². The van der Waals surface area contributed by atoms with Crippen LogP contribution in [0.15, 0.2) is 28.7 Å². The van der Waals surface area contributed by atoms with Crippen LogP contribution in [0, 0.1) is 6.92 Å². The molecule has 0 fully saturated rings. The van der Waals surface area contributed by atoms with Crippen LogP contribution < -0.4 is 0 Å². The van der Waals surface area contributed by atoms with E-state index in [1.165, 1.54) is 5.56 Å². The summed E-state index contributed by atoms with van der Waals surface area (Å²) in [5, 5.41) is 11.4. The molecular weight excluding hydrogens is 200 g/mol. The summed E-state index contributed by atoms with van der Waals surface area (Å²) in [6, 6.07) is 8.01. The van der Waals surface area contributed by atoms with E-state index in [0.29, 0.717) is 18.6 Å². The number of furan rings is 1. The molecule has 16 heavy (non-hydrogen) atoms. The van der Waals surface area contributed by atoms with Gasteiger partial charge in [0.2, 0.25) is 0 Å². The second kappa shape index (κ2) is 3.95. The van der Waals surface area contributed by atoms with Crippen LogP contribution in [-0.4, -0.2) is 5.11 Å². The summed E-state index contributed by atoms with van der Waals surface area (Å²) in [5.74, 6) is 0.679. The maximum absolute atomic E-state index is 10.4. The second-order valence-corrected chi connectivity index (χ2v) is 4.39. The van der Waals surface area contributed by atoms with Crippen LogP contribution in [0.1, 0.15) is 38.0 Å². The highest BCUT2D eigenvalue weighted by Gasteiger charge is 2.28. The molecule has 1 aromatic carbocycles. The van der Waals surface area contributed by atoms with Crippen molar-refractivity contribution < 1.29 is 9.52 Å². The highest BCUT2D eigenvalue weighted by molar-refractivity contribution is 5.78. The van der Waals surface area contributed by atoms with Crippen LogP contribution in [0.5, 0.6) is 0 Å². The molecule has 0 saturated carbocycles. The Kier molecular flexibility index (Phi) is 2.76. The lowest BCUT2D eigenvalue weighted by Crippen LogP contribution is -2.22. The standard InChI is InChI=1S/C14H18O2/c1-4-14(15,5-2)13-9-11-8-10(3)6-7-12(11)16-13/h6-9,15H,4-5H2,1-3H3. The third-order valence-electron chi connectivity index (χ3n) is 3.30. The highest BCUT2D eigenvalue weighted by Crippen LogP contribution is 2.33. The zero-order valence-corrected chi connectivity index (χ0v) is 10.1. The Morgan fingerprint density at radius 2 is 1.88 bits per heavy atom. The minimum absolute atomic E-state index is 0.669. The van der Waals surface area contributed by atoms with Crippen LogP contribution in [-0.2, 0) is 5.60 Å². The van der Waals surface area contributed by atoms with Crippen LogP contribution in [0.3, 0.4) is 0 Å². The molecule has 0 amide bonds. The van der Waals surface area contributed by atoms with Gasteiger partial charge in [-0.1, -0.05) is 25.5 Å². The van der Waals surface area contributed by atoms with E-state index in [9.17, 15) is 5.11 Å². The summed E-state index contributed by atoms with van der Waals surface area (Å²) >= 11 is 0. The van der Waals surface area contributed by atoms with E-state index in [0.717, 1.165) is 11.0 Å². The lowest BCUT2D eigenvalue weighted by Gasteiger charge is -2.21. The first-order valence-corrected chi connectivity index (χ1v) is 5.82. The first-order valence-electron chi connectivity index (χ1n) is 5.82. The quantitative estimate of drug-likeness (QED) is 0.851. The SMILES string of the molecule is CCC(O)(CC)c1cc2cc(C)ccc2o1. The van der Waals surface area contributed by atoms with Gasteiger partial charge in [0, 0.05) is 5.39 Å². The number of hydrogen-bond donors (Lipinski definition) is 1. The number of fused-ring (bicyclic) bond motifs is 1. The van der Waals surface area contributed by atoms with Crippen molar-refractivity contribution >= 4 is 11.0 Å². The molecule has 2 aromatic rings. The Morgan fingerprint density at radius 3 is 2.50 bits per heavy atom. The molecule has 2 nitrogen and oxygen atoms in total. The Bertz CT molecular complexity index is 492. The summed E-state index contributed by atoms with van der Waals surface area (Å²) in [4.78, 5) is 0. The zero-order valence-electron chi connectivity index (χ0n) is 10.1. The van der Waals surface area contributed by atoms with Gasteiger partial charge in [-0.3, -0.25) is 0 Å². The lowest BCUT2D eigenvalue weighted by atomic mass is 9.94. The number of rotatable bonds is 3. The first-order chi connectivity index (χ1) is 7.59. The van der Waals surface area contributed by atoms with E-state index in [4.69, 9.17) is 4.42 Å². The Hall–Kier alpha value is -1.28. The van der Waals surface area contributed by atoms with Crippen molar-refractivity contribution in [3.05, 3.63) is 35.6 Å². The minimum atomic E-state index is -0.826. The molecule has 0 saturated heterocycles. The van der Waals surface area contributed by atoms with Crippen molar-refractivity contribution in [2.45, 2.75) is 39.2 Å². The zero-order chi connectivity index (χ0) is 11.8. The van der Waals surface area contributed by atoms with Gasteiger partial charge >= 0.3 is 0 Å². The van der Waals surface area contributed by atoms with Crippen LogP contribution in [0.2, 0.25) is 0 Å². The second-order valence-electron chi connectivity index (χ2n) is 4.39. The van der Waals surface area contributed by atoms with E-state index in [-0.39, 0.29) is 0 Å². The predicted molar refractivity (Wildman–Crippen MR) is 65.4 cm³/mol. The summed E-state index contributed by atoms with van der Waals surface area (Å²) in [6.45, 7) is 6.00. The maximum atomic E-state index is 10.4. The van der Waals surface area contributed by atoms with Gasteiger partial charge in [-0.25, -0.2) is 0 Å². The van der Waals surface area contributed by atoms with E-state index in [1.807, 2.05) is 32.0 Å². The van der Waals surface area contributed by atoms with Gasteiger partial charge in [-0.05, 0) is 38.0 Å². The number of benzene rings is 1. The molecule has 0 aliphatic heterocycles. The maximum Gasteiger partial charge on any atom is 0.136 e. The van der Waals surface area contributed by atoms with Gasteiger partial charge in [0.1, 0.15) is 16.9 Å². The van der Waals surface area contributed by atoms with Crippen LogP contribution in [0.25, 0.3) is 11.0 Å². The van der Waals surface area contributed by atoms with Crippen molar-refractivity contribution in [1.29, 1.82) is 0 Å². The van der Waals surface area contributed by atoms with Gasteiger partial charge in [-0.15, -0.1) is 0 Å². The lowest BCUT2D eigenvalue weighted by molar-refractivity contribution is 0.00832. The average molecular weight is 218 g/mol. The largest absolute Gasteiger partial charge is 0.458 e. The smallest absolute Gasteiger partial charge is 0.136 e. The van der Waals surface area contributed by atoms with Crippen molar-refractivity contribution in [3.63, 3.8) is 0 Å². The van der Waals surface area contributed by atoms with E-state index in [2.05, 4.69) is 13.0 Å². The van der Waals surface area contributed by atoms with E-state index in [1.54, 1.807) is 0 Å². The monoisotopic (exact) mass is 218 g/mol. The van der Waals surface area contributed by atoms with Crippen molar-refractivity contribution in [1.82, 2.24) is 0 Å². The fourth-order valence-corrected chi connectivity index (χ4v) is 1.99. The highest BCUT2D eigenvalue weighted by atomic mass is 16.4. The number of aryl methyl sites for hydroxylation is 1. The minimum Gasteiger partial charge on any atom is -0.458 e. The Labute approximate surface area is 95.9 Å². The first kappa shape index (κ1) is 11.2. The van der Waals surface area contributed by atoms with E-state index < -0.39 is 5.60 Å². The normalized spacial score (nSPS) is 12.2. The van der Waals surface area contributed by atoms with Gasteiger partial charge in [0.25, 0.3) is 0 Å². The molecule has 0 bridgehead atoms. The van der Waals surface area contributed by atoms with Gasteiger partial charge in [0.15, 0.2) is 0 Å². The van der Waals surface area contributed by atoms with Crippen molar-refractivity contribution in [3.8, 4) is 0 Å². The molecule has 0 unspecified atom stereocenters. The predicted octanol–water partition coefficient (Wildman–Crippen LogP) is 3.75. The molecule has 0 radical (unpaired) electrons. The summed E-state index contributed by atoms with van der Waals surface area (Å²) < 4.78 is 5.72. The fraction of sp³-hybridized carbons (Fsp3) is 0.429. The molecule has 1 N–H and O–H groups in total. The fourth-order valence-electron chi connectivity index (χ4n) is 1.99. The van der Waals surface area contributed by atoms with Gasteiger partial charge in [0.05, 0.1) is 0 Å². The van der Waals surface area contributed by atoms with Crippen molar-refractivity contribution in [2.75, 3.05) is 0 Å². The molecule has 1 aromatic heterocycles. The van der Waals surface area contributed by atoms with Crippen LogP contribution >= 0.6 is 0 Å². The molecule has 86 valence electrons. The molecule has 0 spiro atoms. The van der Waals surface area contributed by atoms with Gasteiger partial charge in [-0.2, -0.15) is 0 Å². The topological polar surface area (TPSA) is 33.4 Å². The van der Waals surface area contributed by atoms with E-state index >= 15 is 0 Å². The molecular formula is C14H18O2. The Morgan fingerprint density at radius 1 is 1.19 bits per heavy atom. The van der Waals surface area contributed by atoms with Crippen LogP contribution in [0.4, 0.5) is 0 Å². The summed E-state index contributed by atoms with van der Waals surface area (Å²) in [5.41, 5.74) is 1.23. The molecule has 0 aliphatic rings. The molecule has 0 aliphatic carbocycles. The molecule has 2 heteroatoms. The molecule has 2 rings (SSSR count). The third kappa shape index (κ3) is 1.74. The summed E-state index contributed by atoms with van der Waals surface area (Å²) in [6.07, 6.45) is 1.34. The number of aliphatic hydroxyl groups is 1. The average Bonchev–Trinajstić information content (AvgIpc) is 2.71. The molecule has 0 atom stereocenters. The number of hydrogen-bond acceptors (Lipinski definition) is 2. The Balaban J connectivity index is 2.54.